The van der Waals surface area contributed by atoms with E-state index in [0.29, 0.717) is 19.8 Å². The first-order valence-electron chi connectivity index (χ1n) is 10.8. The van der Waals surface area contributed by atoms with Crippen molar-refractivity contribution in [2.24, 2.45) is 0 Å². The Morgan fingerprint density at radius 1 is 1.15 bits per heavy atom. The first kappa shape index (κ1) is 23.2. The van der Waals surface area contributed by atoms with Crippen LogP contribution in [0.2, 0.25) is 0 Å². The van der Waals surface area contributed by atoms with E-state index in [9.17, 15) is 18.0 Å². The van der Waals surface area contributed by atoms with Crippen LogP contribution in [0.25, 0.3) is 0 Å². The number of hydrogen-bond donors (Lipinski definition) is 1. The second kappa shape index (κ2) is 9.90. The van der Waals surface area contributed by atoms with E-state index in [1.54, 1.807) is 19.2 Å². The molecule has 2 heterocycles. The number of benzene rings is 2. The molecule has 9 nitrogen and oxygen atoms in total. The third kappa shape index (κ3) is 5.18. The van der Waals surface area contributed by atoms with E-state index < -0.39 is 15.9 Å². The molecular weight excluding hydrogens is 446 g/mol. The average molecular weight is 474 g/mol. The zero-order chi connectivity index (χ0) is 23.4. The number of ether oxygens (including phenoxy) is 2. The molecule has 0 saturated carbocycles. The van der Waals surface area contributed by atoms with Crippen molar-refractivity contribution in [3.8, 4) is 5.75 Å². The SMILES string of the molecule is COc1ccc([C@H](CNC(=O)c2cccc(N3C(=O)CCS3(=O)=O)c2)N2CCOCC2)cc1. The second-order valence-electron chi connectivity index (χ2n) is 7.92. The summed E-state index contributed by atoms with van der Waals surface area (Å²) in [5.41, 5.74) is 1.52. The van der Waals surface area contributed by atoms with Crippen LogP contribution in [0.4, 0.5) is 5.69 Å². The van der Waals surface area contributed by atoms with Crippen LogP contribution in [-0.2, 0) is 19.6 Å². The third-order valence-electron chi connectivity index (χ3n) is 5.86. The second-order valence-corrected chi connectivity index (χ2v) is 9.86. The summed E-state index contributed by atoms with van der Waals surface area (Å²) in [5.74, 6) is -0.287. The molecule has 0 bridgehead atoms. The van der Waals surface area contributed by atoms with Gasteiger partial charge in [0, 0.05) is 31.6 Å². The van der Waals surface area contributed by atoms with Crippen molar-refractivity contribution >= 4 is 27.5 Å². The number of nitrogens with zero attached hydrogens (tertiary/aromatic N) is 2. The minimum Gasteiger partial charge on any atom is -0.497 e. The summed E-state index contributed by atoms with van der Waals surface area (Å²) in [4.78, 5) is 27.3. The van der Waals surface area contributed by atoms with Gasteiger partial charge in [-0.25, -0.2) is 12.7 Å². The van der Waals surface area contributed by atoms with E-state index in [1.165, 1.54) is 12.1 Å². The van der Waals surface area contributed by atoms with Gasteiger partial charge in [0.15, 0.2) is 0 Å². The van der Waals surface area contributed by atoms with Gasteiger partial charge in [0.25, 0.3) is 5.91 Å². The minimum absolute atomic E-state index is 0.0537. The first-order chi connectivity index (χ1) is 15.9. The van der Waals surface area contributed by atoms with Crippen LogP contribution in [0.1, 0.15) is 28.4 Å². The maximum atomic E-state index is 12.9. The van der Waals surface area contributed by atoms with Gasteiger partial charge < -0.3 is 14.8 Å². The van der Waals surface area contributed by atoms with E-state index in [0.717, 1.165) is 28.7 Å². The number of sulfonamides is 1. The van der Waals surface area contributed by atoms with Crippen LogP contribution in [-0.4, -0.2) is 70.8 Å². The molecule has 2 saturated heterocycles. The Hall–Kier alpha value is -2.95. The Morgan fingerprint density at radius 2 is 1.88 bits per heavy atom. The lowest BCUT2D eigenvalue weighted by Gasteiger charge is -2.35. The molecule has 0 unspecified atom stereocenters. The fraction of sp³-hybridized carbons (Fsp3) is 0.391. The monoisotopic (exact) mass is 473 g/mol. The molecule has 0 spiro atoms. The highest BCUT2D eigenvalue weighted by molar-refractivity contribution is 7.94. The lowest BCUT2D eigenvalue weighted by Crippen LogP contribution is -2.43. The van der Waals surface area contributed by atoms with Crippen LogP contribution >= 0.6 is 0 Å². The molecule has 0 aliphatic carbocycles. The average Bonchev–Trinajstić information content (AvgIpc) is 3.12. The number of morpholine rings is 1. The van der Waals surface area contributed by atoms with E-state index in [-0.39, 0.29) is 35.4 Å². The van der Waals surface area contributed by atoms with E-state index >= 15 is 0 Å². The smallest absolute Gasteiger partial charge is 0.251 e. The summed E-state index contributed by atoms with van der Waals surface area (Å²) in [7, 11) is -2.08. The van der Waals surface area contributed by atoms with Crippen LogP contribution < -0.4 is 14.4 Å². The van der Waals surface area contributed by atoms with Crippen LogP contribution in [0.5, 0.6) is 5.75 Å². The van der Waals surface area contributed by atoms with Crippen molar-refractivity contribution < 1.29 is 27.5 Å². The zero-order valence-corrected chi connectivity index (χ0v) is 19.2. The van der Waals surface area contributed by atoms with Crippen molar-refractivity contribution in [1.82, 2.24) is 10.2 Å². The fourth-order valence-corrected chi connectivity index (χ4v) is 5.56. The number of anilines is 1. The molecule has 2 aliphatic rings. The molecule has 2 aromatic carbocycles. The summed E-state index contributed by atoms with van der Waals surface area (Å²) in [6, 6.07) is 13.8. The molecule has 1 atom stereocenters. The normalized spacial score (nSPS) is 19.3. The quantitative estimate of drug-likeness (QED) is 0.651. The number of amides is 2. The Balaban J connectivity index is 1.51. The number of methoxy groups -OCH3 is 1. The minimum atomic E-state index is -3.69. The van der Waals surface area contributed by atoms with Gasteiger partial charge in [0.2, 0.25) is 15.9 Å². The number of carbonyl (C=O) groups excluding carboxylic acids is 2. The van der Waals surface area contributed by atoms with Gasteiger partial charge in [0.05, 0.1) is 37.8 Å². The summed E-state index contributed by atoms with van der Waals surface area (Å²) >= 11 is 0. The molecule has 2 amide bonds. The number of carbonyl (C=O) groups is 2. The van der Waals surface area contributed by atoms with E-state index in [2.05, 4.69) is 10.2 Å². The van der Waals surface area contributed by atoms with Crippen molar-refractivity contribution in [2.45, 2.75) is 12.5 Å². The maximum absolute atomic E-state index is 12.9. The molecule has 1 N–H and O–H groups in total. The Labute approximate surface area is 193 Å². The molecule has 176 valence electrons. The molecule has 33 heavy (non-hydrogen) atoms. The van der Waals surface area contributed by atoms with Crippen molar-refractivity contribution in [3.05, 3.63) is 59.7 Å². The molecule has 2 aromatic rings. The Bertz CT molecular complexity index is 1110. The standard InChI is InChI=1S/C23H27N3O6S/c1-31-20-7-5-17(6-8-20)21(25-10-12-32-13-11-25)16-24-23(28)18-3-2-4-19(15-18)26-22(27)9-14-33(26,29)30/h2-8,15,21H,9-14,16H2,1H3,(H,24,28)/t21-/m0/s1. The van der Waals surface area contributed by atoms with Gasteiger partial charge in [-0.15, -0.1) is 0 Å². The number of hydrogen-bond acceptors (Lipinski definition) is 7. The number of rotatable bonds is 7. The van der Waals surface area contributed by atoms with Gasteiger partial charge >= 0.3 is 0 Å². The predicted octanol–water partition coefficient (Wildman–Crippen LogP) is 1.56. The fourth-order valence-electron chi connectivity index (χ4n) is 4.11. The molecule has 0 aromatic heterocycles. The zero-order valence-electron chi connectivity index (χ0n) is 18.4. The first-order valence-corrected chi connectivity index (χ1v) is 12.4. The largest absolute Gasteiger partial charge is 0.497 e. The number of nitrogens with one attached hydrogen (secondary N) is 1. The summed E-state index contributed by atoms with van der Waals surface area (Å²) in [5, 5.41) is 2.97. The van der Waals surface area contributed by atoms with Crippen LogP contribution in [0, 0.1) is 0 Å². The van der Waals surface area contributed by atoms with Crippen LogP contribution in [0.3, 0.4) is 0 Å². The Morgan fingerprint density at radius 3 is 2.52 bits per heavy atom. The summed E-state index contributed by atoms with van der Waals surface area (Å²) < 4.78 is 36.0. The molecule has 4 rings (SSSR count). The molecule has 2 fully saturated rings. The molecule has 2 aliphatic heterocycles. The van der Waals surface area contributed by atoms with Crippen molar-refractivity contribution in [2.75, 3.05) is 50.0 Å². The van der Waals surface area contributed by atoms with Gasteiger partial charge in [-0.05, 0) is 35.9 Å². The van der Waals surface area contributed by atoms with Crippen LogP contribution in [0.15, 0.2) is 48.5 Å². The topological polar surface area (TPSA) is 105 Å². The maximum Gasteiger partial charge on any atom is 0.251 e. The third-order valence-corrected chi connectivity index (χ3v) is 7.56. The lowest BCUT2D eigenvalue weighted by molar-refractivity contribution is -0.116. The van der Waals surface area contributed by atoms with Crippen molar-refractivity contribution in [1.29, 1.82) is 0 Å². The molecule has 10 heteroatoms. The van der Waals surface area contributed by atoms with E-state index in [1.807, 2.05) is 24.3 Å². The lowest BCUT2D eigenvalue weighted by atomic mass is 10.0. The molecule has 0 radical (unpaired) electrons. The summed E-state index contributed by atoms with van der Waals surface area (Å²) in [6.45, 7) is 3.10. The highest BCUT2D eigenvalue weighted by atomic mass is 32.2. The highest BCUT2D eigenvalue weighted by Gasteiger charge is 2.36. The van der Waals surface area contributed by atoms with Crippen molar-refractivity contribution in [3.63, 3.8) is 0 Å². The van der Waals surface area contributed by atoms with E-state index in [4.69, 9.17) is 9.47 Å². The Kier molecular flexibility index (Phi) is 6.96. The van der Waals surface area contributed by atoms with Gasteiger partial charge in [0.1, 0.15) is 5.75 Å². The predicted molar refractivity (Wildman–Crippen MR) is 123 cm³/mol. The summed E-state index contributed by atoms with van der Waals surface area (Å²) in [6.07, 6.45) is -0.0537. The highest BCUT2D eigenvalue weighted by Crippen LogP contribution is 2.27. The molecular formula is C23H27N3O6S. The van der Waals surface area contributed by atoms with Gasteiger partial charge in [-0.1, -0.05) is 18.2 Å². The van der Waals surface area contributed by atoms with Gasteiger partial charge in [-0.3, -0.25) is 14.5 Å². The van der Waals surface area contributed by atoms with Gasteiger partial charge in [-0.2, -0.15) is 0 Å².